The molecular weight excluding hydrogens is 236 g/mol. The van der Waals surface area contributed by atoms with Crippen molar-refractivity contribution in [2.45, 2.75) is 44.8 Å². The van der Waals surface area contributed by atoms with Gasteiger partial charge in [-0.25, -0.2) is 4.98 Å². The van der Waals surface area contributed by atoms with Crippen LogP contribution in [-0.2, 0) is 12.1 Å². The minimum absolute atomic E-state index is 0.187. The van der Waals surface area contributed by atoms with Crippen molar-refractivity contribution in [1.29, 1.82) is 0 Å². The average molecular weight is 256 g/mol. The van der Waals surface area contributed by atoms with Crippen LogP contribution in [0.1, 0.15) is 30.9 Å². The molecular formula is C15H20N4. The summed E-state index contributed by atoms with van der Waals surface area (Å²) < 4.78 is 1.88. The van der Waals surface area contributed by atoms with Crippen LogP contribution in [0.3, 0.4) is 0 Å². The highest BCUT2D eigenvalue weighted by Crippen LogP contribution is 2.46. The Labute approximate surface area is 113 Å². The van der Waals surface area contributed by atoms with Gasteiger partial charge in [0.05, 0.1) is 6.54 Å². The molecule has 1 heterocycles. The summed E-state index contributed by atoms with van der Waals surface area (Å²) in [7, 11) is 0. The van der Waals surface area contributed by atoms with Gasteiger partial charge in [-0.2, -0.15) is 5.10 Å². The molecule has 0 radical (unpaired) electrons. The molecule has 0 amide bonds. The normalized spacial score (nSPS) is 18.2. The van der Waals surface area contributed by atoms with E-state index in [9.17, 15) is 0 Å². The largest absolute Gasteiger partial charge is 0.303 e. The lowest BCUT2D eigenvalue weighted by Crippen LogP contribution is -2.39. The Hall–Kier alpha value is -1.68. The van der Waals surface area contributed by atoms with E-state index in [1.54, 1.807) is 12.7 Å². The van der Waals surface area contributed by atoms with Crippen molar-refractivity contribution in [3.8, 4) is 0 Å². The van der Waals surface area contributed by atoms with Gasteiger partial charge in [0, 0.05) is 11.6 Å². The second-order valence-electron chi connectivity index (χ2n) is 5.61. The molecule has 4 nitrogen and oxygen atoms in total. The Morgan fingerprint density at radius 2 is 2.26 bits per heavy atom. The number of aryl methyl sites for hydroxylation is 1. The van der Waals surface area contributed by atoms with Crippen LogP contribution in [0.2, 0.25) is 0 Å². The number of rotatable bonds is 5. The molecule has 0 aliphatic heterocycles. The Balaban J connectivity index is 1.68. The third kappa shape index (κ3) is 2.68. The molecule has 19 heavy (non-hydrogen) atoms. The zero-order valence-corrected chi connectivity index (χ0v) is 11.5. The standard InChI is InChI=1S/C15H20N4/c1-12-4-3-5-14(8-12)15(6-7-15)18-13(2)9-19-11-16-10-17-19/h3-5,8,10-11,13,18H,6-7,9H2,1-2H3/t13-/m1/s1. The lowest BCUT2D eigenvalue weighted by Gasteiger charge is -2.23. The summed E-state index contributed by atoms with van der Waals surface area (Å²) in [6.45, 7) is 5.21. The van der Waals surface area contributed by atoms with Gasteiger partial charge >= 0.3 is 0 Å². The van der Waals surface area contributed by atoms with Crippen LogP contribution in [0.5, 0.6) is 0 Å². The lowest BCUT2D eigenvalue weighted by molar-refractivity contribution is 0.386. The maximum absolute atomic E-state index is 4.16. The predicted molar refractivity (Wildman–Crippen MR) is 74.7 cm³/mol. The van der Waals surface area contributed by atoms with Crippen LogP contribution in [-0.4, -0.2) is 20.8 Å². The minimum atomic E-state index is 0.187. The van der Waals surface area contributed by atoms with E-state index in [1.165, 1.54) is 24.0 Å². The number of hydrogen-bond acceptors (Lipinski definition) is 3. The van der Waals surface area contributed by atoms with E-state index >= 15 is 0 Å². The Morgan fingerprint density at radius 3 is 2.89 bits per heavy atom. The molecule has 0 unspecified atom stereocenters. The number of nitrogens with zero attached hydrogens (tertiary/aromatic N) is 3. The van der Waals surface area contributed by atoms with Crippen LogP contribution in [0.15, 0.2) is 36.9 Å². The van der Waals surface area contributed by atoms with E-state index < -0.39 is 0 Å². The molecule has 1 aliphatic rings. The SMILES string of the molecule is Cc1cccc(C2(N[C@H](C)Cn3cncn3)CC2)c1. The summed E-state index contributed by atoms with van der Waals surface area (Å²) in [6.07, 6.45) is 5.79. The van der Waals surface area contributed by atoms with Gasteiger partial charge in [-0.15, -0.1) is 0 Å². The highest BCUT2D eigenvalue weighted by molar-refractivity contribution is 5.33. The molecule has 3 rings (SSSR count). The van der Waals surface area contributed by atoms with Gasteiger partial charge in [0.25, 0.3) is 0 Å². The van der Waals surface area contributed by atoms with E-state index in [-0.39, 0.29) is 5.54 Å². The molecule has 100 valence electrons. The topological polar surface area (TPSA) is 42.7 Å². The lowest BCUT2D eigenvalue weighted by atomic mass is 10.0. The number of hydrogen-bond donors (Lipinski definition) is 1. The predicted octanol–water partition coefficient (Wildman–Crippen LogP) is 2.25. The first kappa shape index (κ1) is 12.4. The second-order valence-corrected chi connectivity index (χ2v) is 5.61. The first-order valence-corrected chi connectivity index (χ1v) is 6.85. The third-order valence-corrected chi connectivity index (χ3v) is 3.77. The van der Waals surface area contributed by atoms with Crippen molar-refractivity contribution in [3.63, 3.8) is 0 Å². The van der Waals surface area contributed by atoms with Crippen molar-refractivity contribution in [3.05, 3.63) is 48.0 Å². The van der Waals surface area contributed by atoms with Crippen LogP contribution in [0.25, 0.3) is 0 Å². The fraction of sp³-hybridized carbons (Fsp3) is 0.467. The number of aromatic nitrogens is 3. The van der Waals surface area contributed by atoms with E-state index in [2.05, 4.69) is 53.5 Å². The summed E-state index contributed by atoms with van der Waals surface area (Å²) >= 11 is 0. The number of benzene rings is 1. The molecule has 0 spiro atoms. The Bertz CT molecular complexity index is 543. The van der Waals surface area contributed by atoms with Crippen molar-refractivity contribution in [1.82, 2.24) is 20.1 Å². The molecule has 1 aromatic carbocycles. The van der Waals surface area contributed by atoms with E-state index in [4.69, 9.17) is 0 Å². The quantitative estimate of drug-likeness (QED) is 0.892. The molecule has 1 saturated carbocycles. The van der Waals surface area contributed by atoms with Crippen LogP contribution >= 0.6 is 0 Å². The second kappa shape index (κ2) is 4.78. The highest BCUT2D eigenvalue weighted by atomic mass is 15.3. The molecule has 0 saturated heterocycles. The Kier molecular flexibility index (Phi) is 3.11. The summed E-state index contributed by atoms with van der Waals surface area (Å²) in [4.78, 5) is 3.98. The van der Waals surface area contributed by atoms with E-state index in [0.29, 0.717) is 6.04 Å². The van der Waals surface area contributed by atoms with Crippen molar-refractivity contribution in [2.75, 3.05) is 0 Å². The first-order valence-electron chi connectivity index (χ1n) is 6.85. The molecule has 2 aromatic rings. The van der Waals surface area contributed by atoms with Crippen LogP contribution in [0, 0.1) is 6.92 Å². The summed E-state index contributed by atoms with van der Waals surface area (Å²) in [5, 5.41) is 7.92. The number of nitrogens with one attached hydrogen (secondary N) is 1. The molecule has 0 bridgehead atoms. The van der Waals surface area contributed by atoms with Gasteiger partial charge in [-0.3, -0.25) is 4.68 Å². The van der Waals surface area contributed by atoms with Crippen molar-refractivity contribution in [2.24, 2.45) is 0 Å². The Morgan fingerprint density at radius 1 is 1.42 bits per heavy atom. The van der Waals surface area contributed by atoms with Crippen molar-refractivity contribution < 1.29 is 0 Å². The molecule has 1 N–H and O–H groups in total. The van der Waals surface area contributed by atoms with Gasteiger partial charge < -0.3 is 5.32 Å². The van der Waals surface area contributed by atoms with Gasteiger partial charge in [0.2, 0.25) is 0 Å². The van der Waals surface area contributed by atoms with Gasteiger partial charge in [-0.1, -0.05) is 29.8 Å². The van der Waals surface area contributed by atoms with Gasteiger partial charge in [0.15, 0.2) is 0 Å². The van der Waals surface area contributed by atoms with E-state index in [0.717, 1.165) is 6.54 Å². The molecule has 4 heteroatoms. The third-order valence-electron chi connectivity index (χ3n) is 3.77. The molecule has 1 aliphatic carbocycles. The van der Waals surface area contributed by atoms with Crippen LogP contribution in [0.4, 0.5) is 0 Å². The van der Waals surface area contributed by atoms with Gasteiger partial charge in [-0.05, 0) is 32.3 Å². The fourth-order valence-corrected chi connectivity index (χ4v) is 2.71. The average Bonchev–Trinajstić information content (AvgIpc) is 2.97. The monoisotopic (exact) mass is 256 g/mol. The van der Waals surface area contributed by atoms with Crippen molar-refractivity contribution >= 4 is 0 Å². The molecule has 1 aromatic heterocycles. The summed E-state index contributed by atoms with van der Waals surface area (Å²) in [5.74, 6) is 0. The highest BCUT2D eigenvalue weighted by Gasteiger charge is 2.44. The summed E-state index contributed by atoms with van der Waals surface area (Å²) in [5.41, 5.74) is 2.93. The molecule has 1 atom stereocenters. The maximum Gasteiger partial charge on any atom is 0.137 e. The first-order chi connectivity index (χ1) is 9.18. The maximum atomic E-state index is 4.16. The smallest absolute Gasteiger partial charge is 0.137 e. The van der Waals surface area contributed by atoms with E-state index in [1.807, 2.05) is 4.68 Å². The summed E-state index contributed by atoms with van der Waals surface area (Å²) in [6, 6.07) is 9.20. The van der Waals surface area contributed by atoms with Gasteiger partial charge in [0.1, 0.15) is 12.7 Å². The molecule has 1 fully saturated rings. The fourth-order valence-electron chi connectivity index (χ4n) is 2.71. The minimum Gasteiger partial charge on any atom is -0.303 e. The zero-order valence-electron chi connectivity index (χ0n) is 11.5. The van der Waals surface area contributed by atoms with Crippen LogP contribution < -0.4 is 5.32 Å². The zero-order chi connectivity index (χ0) is 13.3.